The van der Waals surface area contributed by atoms with E-state index in [4.69, 9.17) is 0 Å². The maximum absolute atomic E-state index is 4.41. The highest BCUT2D eigenvalue weighted by Crippen LogP contribution is 2.29. The van der Waals surface area contributed by atoms with E-state index in [0.29, 0.717) is 0 Å². The molecule has 0 fully saturated rings. The lowest BCUT2D eigenvalue weighted by Gasteiger charge is -1.98. The Bertz CT molecular complexity index is 900. The van der Waals surface area contributed by atoms with Gasteiger partial charge < -0.3 is 4.57 Å². The number of aromatic nitrogens is 5. The highest BCUT2D eigenvalue weighted by atomic mass is 15.4. The van der Waals surface area contributed by atoms with E-state index in [1.54, 1.807) is 4.52 Å². The molecule has 88 valence electrons. The molecule has 4 rings (SSSR count). The summed E-state index contributed by atoms with van der Waals surface area (Å²) in [6.07, 6.45) is 1.89. The minimum Gasteiger partial charge on any atom is -0.340 e. The van der Waals surface area contributed by atoms with Gasteiger partial charge in [-0.15, -0.1) is 10.2 Å². The summed E-state index contributed by atoms with van der Waals surface area (Å²) >= 11 is 0. The zero-order chi connectivity index (χ0) is 12.3. The van der Waals surface area contributed by atoms with Crippen LogP contribution in [0.4, 0.5) is 0 Å². The second-order valence-corrected chi connectivity index (χ2v) is 4.47. The minimum atomic E-state index is 0.803. The molecule has 0 spiro atoms. The molecule has 0 aliphatic heterocycles. The molecule has 0 saturated carbocycles. The zero-order valence-corrected chi connectivity index (χ0v) is 10.1. The average molecular weight is 237 g/mol. The number of benzene rings is 1. The molecule has 0 unspecified atom stereocenters. The molecule has 5 nitrogen and oxygen atoms in total. The SMILES string of the molecule is Cc1nnc2c3c(cnn12)c1ccccc1n3C. The van der Waals surface area contributed by atoms with Crippen LogP contribution in [0.25, 0.3) is 27.5 Å². The summed E-state index contributed by atoms with van der Waals surface area (Å²) in [5, 5.41) is 15.1. The predicted molar refractivity (Wildman–Crippen MR) is 69.5 cm³/mol. The smallest absolute Gasteiger partial charge is 0.202 e. The lowest BCUT2D eigenvalue weighted by Crippen LogP contribution is -1.96. The summed E-state index contributed by atoms with van der Waals surface area (Å²) in [4.78, 5) is 0. The summed E-state index contributed by atoms with van der Waals surface area (Å²) in [7, 11) is 2.05. The average Bonchev–Trinajstić information content (AvgIpc) is 2.91. The zero-order valence-electron chi connectivity index (χ0n) is 10.1. The van der Waals surface area contributed by atoms with E-state index < -0.39 is 0 Å². The van der Waals surface area contributed by atoms with Crippen molar-refractivity contribution in [3.05, 3.63) is 36.3 Å². The van der Waals surface area contributed by atoms with Gasteiger partial charge in [-0.2, -0.15) is 9.61 Å². The van der Waals surface area contributed by atoms with E-state index in [0.717, 1.165) is 22.4 Å². The fraction of sp³-hybridized carbons (Fsp3) is 0.154. The highest BCUT2D eigenvalue weighted by Gasteiger charge is 2.14. The van der Waals surface area contributed by atoms with Crippen LogP contribution >= 0.6 is 0 Å². The van der Waals surface area contributed by atoms with Gasteiger partial charge in [0, 0.05) is 23.3 Å². The molecule has 0 N–H and O–H groups in total. The second-order valence-electron chi connectivity index (χ2n) is 4.47. The molecule has 1 aromatic carbocycles. The van der Waals surface area contributed by atoms with E-state index in [1.165, 1.54) is 10.9 Å². The van der Waals surface area contributed by atoms with Gasteiger partial charge in [0.25, 0.3) is 0 Å². The van der Waals surface area contributed by atoms with Crippen LogP contribution in [0.3, 0.4) is 0 Å². The van der Waals surface area contributed by atoms with Crippen LogP contribution in [0.15, 0.2) is 30.5 Å². The summed E-state index contributed by atoms with van der Waals surface area (Å²) in [5.74, 6) is 0.803. The third-order valence-electron chi connectivity index (χ3n) is 3.46. The van der Waals surface area contributed by atoms with E-state index in [-0.39, 0.29) is 0 Å². The lowest BCUT2D eigenvalue weighted by molar-refractivity contribution is 0.877. The Balaban J connectivity index is 2.39. The predicted octanol–water partition coefficient (Wildman–Crippen LogP) is 2.08. The highest BCUT2D eigenvalue weighted by molar-refractivity contribution is 6.11. The number of hydrogen-bond acceptors (Lipinski definition) is 3. The van der Waals surface area contributed by atoms with E-state index in [9.17, 15) is 0 Å². The first-order chi connectivity index (χ1) is 8.77. The third-order valence-corrected chi connectivity index (χ3v) is 3.46. The molecule has 0 radical (unpaired) electrons. The maximum Gasteiger partial charge on any atom is 0.202 e. The van der Waals surface area contributed by atoms with Crippen molar-refractivity contribution >= 4 is 27.5 Å². The van der Waals surface area contributed by atoms with E-state index in [1.807, 2.05) is 25.3 Å². The second kappa shape index (κ2) is 3.07. The maximum atomic E-state index is 4.41. The molecular weight excluding hydrogens is 226 g/mol. The first-order valence-corrected chi connectivity index (χ1v) is 5.81. The molecule has 3 heterocycles. The summed E-state index contributed by atoms with van der Waals surface area (Å²) in [6, 6.07) is 8.30. The summed E-state index contributed by atoms with van der Waals surface area (Å²) in [5.41, 5.74) is 3.07. The van der Waals surface area contributed by atoms with E-state index >= 15 is 0 Å². The Morgan fingerprint density at radius 2 is 1.89 bits per heavy atom. The molecular formula is C13H11N5. The molecule has 0 amide bonds. The van der Waals surface area contributed by atoms with Crippen LogP contribution in [-0.2, 0) is 7.05 Å². The first kappa shape index (κ1) is 9.58. The number of para-hydroxylation sites is 1. The van der Waals surface area contributed by atoms with Crippen molar-refractivity contribution in [2.45, 2.75) is 6.92 Å². The van der Waals surface area contributed by atoms with Crippen molar-refractivity contribution in [3.63, 3.8) is 0 Å². The number of nitrogens with zero attached hydrogens (tertiary/aromatic N) is 5. The van der Waals surface area contributed by atoms with Gasteiger partial charge in [-0.05, 0) is 13.0 Å². The monoisotopic (exact) mass is 237 g/mol. The topological polar surface area (TPSA) is 48.0 Å². The number of fused-ring (bicyclic) bond motifs is 5. The Morgan fingerprint density at radius 3 is 2.78 bits per heavy atom. The Morgan fingerprint density at radius 1 is 1.06 bits per heavy atom. The van der Waals surface area contributed by atoms with Crippen LogP contribution in [0.2, 0.25) is 0 Å². The molecule has 5 heteroatoms. The van der Waals surface area contributed by atoms with Crippen LogP contribution in [0.5, 0.6) is 0 Å². The van der Waals surface area contributed by atoms with Crippen LogP contribution in [-0.4, -0.2) is 24.4 Å². The quantitative estimate of drug-likeness (QED) is 0.470. The fourth-order valence-electron chi connectivity index (χ4n) is 2.58. The minimum absolute atomic E-state index is 0.803. The third kappa shape index (κ3) is 0.989. The normalized spacial score (nSPS) is 11.9. The van der Waals surface area contributed by atoms with E-state index in [2.05, 4.69) is 39.0 Å². The van der Waals surface area contributed by atoms with Gasteiger partial charge in [0.2, 0.25) is 5.65 Å². The van der Waals surface area contributed by atoms with Crippen molar-refractivity contribution < 1.29 is 0 Å². The molecule has 0 aliphatic carbocycles. The van der Waals surface area contributed by atoms with Gasteiger partial charge >= 0.3 is 0 Å². The molecule has 0 saturated heterocycles. The Kier molecular flexibility index (Phi) is 1.63. The van der Waals surface area contributed by atoms with Crippen LogP contribution < -0.4 is 0 Å². The molecule has 18 heavy (non-hydrogen) atoms. The fourth-order valence-corrected chi connectivity index (χ4v) is 2.58. The largest absolute Gasteiger partial charge is 0.340 e. The lowest BCUT2D eigenvalue weighted by atomic mass is 10.2. The summed E-state index contributed by atoms with van der Waals surface area (Å²) < 4.78 is 3.93. The molecule has 0 atom stereocenters. The molecule has 0 aliphatic rings. The Labute approximate surface area is 103 Å². The van der Waals surface area contributed by atoms with Crippen LogP contribution in [0.1, 0.15) is 5.82 Å². The van der Waals surface area contributed by atoms with Crippen molar-refractivity contribution in [1.82, 2.24) is 24.4 Å². The number of rotatable bonds is 0. The van der Waals surface area contributed by atoms with Crippen molar-refractivity contribution in [2.75, 3.05) is 0 Å². The number of aryl methyl sites for hydroxylation is 2. The van der Waals surface area contributed by atoms with Crippen molar-refractivity contribution in [3.8, 4) is 0 Å². The van der Waals surface area contributed by atoms with Crippen LogP contribution in [0, 0.1) is 6.92 Å². The molecule has 4 aromatic rings. The van der Waals surface area contributed by atoms with Gasteiger partial charge in [0.1, 0.15) is 0 Å². The van der Waals surface area contributed by atoms with Gasteiger partial charge in [-0.1, -0.05) is 18.2 Å². The van der Waals surface area contributed by atoms with Gasteiger partial charge in [-0.3, -0.25) is 0 Å². The van der Waals surface area contributed by atoms with Gasteiger partial charge in [-0.25, -0.2) is 0 Å². The van der Waals surface area contributed by atoms with Crippen molar-refractivity contribution in [2.24, 2.45) is 7.05 Å². The first-order valence-electron chi connectivity index (χ1n) is 5.81. The standard InChI is InChI=1S/C13H11N5/c1-8-15-16-13-12-10(7-14-18(8)13)9-5-3-4-6-11(9)17(12)2/h3-7H,1-2H3. The Hall–Kier alpha value is -2.43. The molecule has 3 aromatic heterocycles. The van der Waals surface area contributed by atoms with Crippen molar-refractivity contribution in [1.29, 1.82) is 0 Å². The number of hydrogen-bond donors (Lipinski definition) is 0. The summed E-state index contributed by atoms with van der Waals surface area (Å²) in [6.45, 7) is 1.90. The van der Waals surface area contributed by atoms with Gasteiger partial charge in [0.05, 0.1) is 11.7 Å². The van der Waals surface area contributed by atoms with Gasteiger partial charge in [0.15, 0.2) is 5.82 Å². The molecule has 0 bridgehead atoms.